The fraction of sp³-hybridized carbons (Fsp3) is 0.250. The van der Waals surface area contributed by atoms with Gasteiger partial charge in [0.2, 0.25) is 0 Å². The second-order valence-electron chi connectivity index (χ2n) is 2.38. The van der Waals surface area contributed by atoms with Crippen LogP contribution in [-0.4, -0.2) is 18.6 Å². The molecule has 0 spiro atoms. The van der Waals surface area contributed by atoms with E-state index in [1.165, 1.54) is 13.2 Å². The van der Waals surface area contributed by atoms with Gasteiger partial charge in [0.05, 0.1) is 7.11 Å². The van der Waals surface area contributed by atoms with Crippen LogP contribution in [0.25, 0.3) is 0 Å². The van der Waals surface area contributed by atoms with Crippen LogP contribution >= 0.6 is 0 Å². The van der Waals surface area contributed by atoms with Crippen LogP contribution < -0.4 is 9.47 Å². The van der Waals surface area contributed by atoms with Gasteiger partial charge in [0, 0.05) is 6.07 Å². The number of rotatable bonds is 2. The van der Waals surface area contributed by atoms with Crippen molar-refractivity contribution in [1.29, 1.82) is 0 Å². The molecule has 0 saturated carbocycles. The fourth-order valence-electron chi connectivity index (χ4n) is 0.867. The van der Waals surface area contributed by atoms with E-state index in [1.807, 2.05) is 0 Å². The van der Waals surface area contributed by atoms with Crippen molar-refractivity contribution in [3.63, 3.8) is 0 Å². The molecule has 0 amide bonds. The number of phenolic OH excluding ortho intramolecular Hbond substituents is 1. The molecule has 3 nitrogen and oxygen atoms in total. The smallest absolute Gasteiger partial charge is 0.504 e. The number of halogens is 3. The Morgan fingerprint density at radius 3 is 2.36 bits per heavy atom. The van der Waals surface area contributed by atoms with Gasteiger partial charge in [-0.2, -0.15) is 0 Å². The third-order valence-electron chi connectivity index (χ3n) is 1.38. The molecule has 0 bridgehead atoms. The van der Waals surface area contributed by atoms with E-state index in [-0.39, 0.29) is 5.75 Å². The van der Waals surface area contributed by atoms with Gasteiger partial charge in [0.1, 0.15) is 5.75 Å². The number of alkyl halides is 3. The third kappa shape index (κ3) is 2.72. The van der Waals surface area contributed by atoms with Crippen molar-refractivity contribution in [2.45, 2.75) is 6.36 Å². The molecule has 1 rings (SSSR count). The van der Waals surface area contributed by atoms with E-state index in [1.54, 1.807) is 0 Å². The maximum absolute atomic E-state index is 11.7. The molecule has 78 valence electrons. The van der Waals surface area contributed by atoms with Crippen LogP contribution in [0.4, 0.5) is 13.2 Å². The standard InChI is InChI=1S/C8H7F3O3/c1-13-7-3-2-5(4-6(7)12)14-8(9,10)11/h2-4,12H,1H3. The first-order valence-corrected chi connectivity index (χ1v) is 3.55. The highest BCUT2D eigenvalue weighted by molar-refractivity contribution is 5.44. The van der Waals surface area contributed by atoms with Gasteiger partial charge in [-0.25, -0.2) is 0 Å². The number of hydrogen-bond acceptors (Lipinski definition) is 3. The van der Waals surface area contributed by atoms with Crippen molar-refractivity contribution in [2.24, 2.45) is 0 Å². The zero-order valence-corrected chi connectivity index (χ0v) is 7.13. The molecule has 0 heterocycles. The number of aromatic hydroxyl groups is 1. The number of methoxy groups -OCH3 is 1. The Balaban J connectivity index is 2.87. The second kappa shape index (κ2) is 3.65. The Morgan fingerprint density at radius 2 is 1.93 bits per heavy atom. The van der Waals surface area contributed by atoms with Gasteiger partial charge >= 0.3 is 6.36 Å². The van der Waals surface area contributed by atoms with E-state index in [9.17, 15) is 13.2 Å². The van der Waals surface area contributed by atoms with E-state index in [0.29, 0.717) is 0 Å². The molecular weight excluding hydrogens is 201 g/mol. The van der Waals surface area contributed by atoms with Gasteiger partial charge < -0.3 is 14.6 Å². The largest absolute Gasteiger partial charge is 0.573 e. The minimum Gasteiger partial charge on any atom is -0.504 e. The highest BCUT2D eigenvalue weighted by atomic mass is 19.4. The summed E-state index contributed by atoms with van der Waals surface area (Å²) in [5.41, 5.74) is 0. The lowest BCUT2D eigenvalue weighted by Crippen LogP contribution is -2.16. The molecule has 0 fully saturated rings. The summed E-state index contributed by atoms with van der Waals surface area (Å²) >= 11 is 0. The lowest BCUT2D eigenvalue weighted by molar-refractivity contribution is -0.274. The number of ether oxygens (including phenoxy) is 2. The first-order chi connectivity index (χ1) is 6.42. The van der Waals surface area contributed by atoms with Crippen LogP contribution in [0.3, 0.4) is 0 Å². The average Bonchev–Trinajstić information content (AvgIpc) is 2.01. The summed E-state index contributed by atoms with van der Waals surface area (Å²) in [7, 11) is 1.29. The maximum Gasteiger partial charge on any atom is 0.573 e. The van der Waals surface area contributed by atoms with Crippen LogP contribution in [0.1, 0.15) is 0 Å². The van der Waals surface area contributed by atoms with Crippen LogP contribution in [0.15, 0.2) is 18.2 Å². The van der Waals surface area contributed by atoms with Gasteiger partial charge in [0.15, 0.2) is 11.5 Å². The van der Waals surface area contributed by atoms with Crippen molar-refractivity contribution in [3.05, 3.63) is 18.2 Å². The number of benzene rings is 1. The van der Waals surface area contributed by atoms with Gasteiger partial charge in [-0.05, 0) is 12.1 Å². The molecule has 1 aromatic carbocycles. The summed E-state index contributed by atoms with van der Waals surface area (Å²) < 4.78 is 43.4. The molecule has 0 aliphatic heterocycles. The van der Waals surface area contributed by atoms with E-state index in [4.69, 9.17) is 5.11 Å². The first kappa shape index (κ1) is 10.5. The summed E-state index contributed by atoms with van der Waals surface area (Å²) in [5, 5.41) is 9.12. The Labute approximate surface area is 77.7 Å². The van der Waals surface area contributed by atoms with Crippen LogP contribution in [0, 0.1) is 0 Å². The molecule has 0 saturated heterocycles. The molecule has 1 aromatic rings. The van der Waals surface area contributed by atoms with Crippen LogP contribution in [0.2, 0.25) is 0 Å². The topological polar surface area (TPSA) is 38.7 Å². The summed E-state index contributed by atoms with van der Waals surface area (Å²) in [6.07, 6.45) is -4.76. The van der Waals surface area contributed by atoms with Gasteiger partial charge in [-0.1, -0.05) is 0 Å². The molecule has 0 aliphatic rings. The van der Waals surface area contributed by atoms with Gasteiger partial charge in [-0.15, -0.1) is 13.2 Å². The summed E-state index contributed by atoms with van der Waals surface area (Å²) in [4.78, 5) is 0. The Bertz CT molecular complexity index is 322. The second-order valence-corrected chi connectivity index (χ2v) is 2.38. The quantitative estimate of drug-likeness (QED) is 0.810. The number of phenols is 1. The number of hydrogen-bond donors (Lipinski definition) is 1. The van der Waals surface area contributed by atoms with E-state index in [2.05, 4.69) is 9.47 Å². The molecule has 0 atom stereocenters. The molecule has 0 aliphatic carbocycles. The predicted octanol–water partition coefficient (Wildman–Crippen LogP) is 2.30. The summed E-state index contributed by atoms with van der Waals surface area (Å²) in [6.45, 7) is 0. The Morgan fingerprint density at radius 1 is 1.29 bits per heavy atom. The Kier molecular flexibility index (Phi) is 2.73. The van der Waals surface area contributed by atoms with Crippen molar-refractivity contribution in [3.8, 4) is 17.2 Å². The first-order valence-electron chi connectivity index (χ1n) is 3.55. The molecule has 0 radical (unpaired) electrons. The average molecular weight is 208 g/mol. The van der Waals surface area contributed by atoms with Gasteiger partial charge in [0.25, 0.3) is 0 Å². The van der Waals surface area contributed by atoms with Gasteiger partial charge in [-0.3, -0.25) is 0 Å². The summed E-state index contributed by atoms with van der Waals surface area (Å²) in [6, 6.07) is 3.05. The normalized spacial score (nSPS) is 11.1. The highest BCUT2D eigenvalue weighted by Crippen LogP contribution is 2.32. The Hall–Kier alpha value is -1.59. The van der Waals surface area contributed by atoms with E-state index >= 15 is 0 Å². The summed E-state index contributed by atoms with van der Waals surface area (Å²) in [5.74, 6) is -0.815. The van der Waals surface area contributed by atoms with Crippen molar-refractivity contribution >= 4 is 0 Å². The van der Waals surface area contributed by atoms with Crippen LogP contribution in [-0.2, 0) is 0 Å². The monoisotopic (exact) mass is 208 g/mol. The maximum atomic E-state index is 11.7. The lowest BCUT2D eigenvalue weighted by Gasteiger charge is -2.10. The predicted molar refractivity (Wildman–Crippen MR) is 41.3 cm³/mol. The van der Waals surface area contributed by atoms with Crippen molar-refractivity contribution < 1.29 is 27.8 Å². The molecule has 0 aromatic heterocycles. The van der Waals surface area contributed by atoms with Crippen molar-refractivity contribution in [2.75, 3.05) is 7.11 Å². The minimum atomic E-state index is -4.76. The molecule has 6 heteroatoms. The molecule has 0 unspecified atom stereocenters. The lowest BCUT2D eigenvalue weighted by atomic mass is 10.3. The van der Waals surface area contributed by atoms with E-state index < -0.39 is 17.9 Å². The molecule has 1 N–H and O–H groups in total. The van der Waals surface area contributed by atoms with Crippen LogP contribution in [0.5, 0.6) is 17.2 Å². The minimum absolute atomic E-state index is 0.0829. The SMILES string of the molecule is COc1ccc(OC(F)(F)F)cc1O. The van der Waals surface area contributed by atoms with Crippen molar-refractivity contribution in [1.82, 2.24) is 0 Å². The van der Waals surface area contributed by atoms with E-state index in [0.717, 1.165) is 12.1 Å². The highest BCUT2D eigenvalue weighted by Gasteiger charge is 2.31. The molecule has 14 heavy (non-hydrogen) atoms. The zero-order valence-electron chi connectivity index (χ0n) is 7.13. The zero-order chi connectivity index (χ0) is 10.8. The molecular formula is C8H7F3O3. The fourth-order valence-corrected chi connectivity index (χ4v) is 0.867. The third-order valence-corrected chi connectivity index (χ3v) is 1.38.